The summed E-state index contributed by atoms with van der Waals surface area (Å²) in [7, 11) is 0. The lowest BCUT2D eigenvalue weighted by Gasteiger charge is -2.35. The first kappa shape index (κ1) is 12.0. The second-order valence-corrected chi connectivity index (χ2v) is 4.85. The summed E-state index contributed by atoms with van der Waals surface area (Å²) in [5, 5.41) is 10.8. The first-order valence-electron chi connectivity index (χ1n) is 6.62. The molecule has 1 aliphatic rings. The molecular weight excluding hydrogens is 242 g/mol. The Balaban J connectivity index is 1.75. The number of H-pyrrole nitrogens is 1. The third-order valence-corrected chi connectivity index (χ3v) is 3.58. The molecule has 19 heavy (non-hydrogen) atoms. The van der Waals surface area contributed by atoms with E-state index in [1.54, 1.807) is 18.5 Å². The highest BCUT2D eigenvalue weighted by atomic mass is 16.2. The molecule has 0 spiro atoms. The van der Waals surface area contributed by atoms with Crippen LogP contribution in [0.4, 0.5) is 0 Å². The molecule has 2 aromatic heterocycles. The molecular formula is C13H17N5O. The van der Waals surface area contributed by atoms with Crippen LogP contribution in [0.2, 0.25) is 0 Å². The lowest BCUT2D eigenvalue weighted by atomic mass is 10.0. The Bertz CT molecular complexity index is 519. The van der Waals surface area contributed by atoms with E-state index < -0.39 is 0 Å². The fourth-order valence-corrected chi connectivity index (χ4v) is 2.61. The Kier molecular flexibility index (Phi) is 3.31. The number of carbonyl (C=O) groups is 1. The van der Waals surface area contributed by atoms with Gasteiger partial charge in [0, 0.05) is 25.1 Å². The van der Waals surface area contributed by atoms with Crippen molar-refractivity contribution in [1.29, 1.82) is 0 Å². The van der Waals surface area contributed by atoms with Crippen LogP contribution in [0.15, 0.2) is 30.7 Å². The van der Waals surface area contributed by atoms with Crippen molar-refractivity contribution < 1.29 is 4.79 Å². The summed E-state index contributed by atoms with van der Waals surface area (Å²) in [5.74, 6) is 0.0364. The number of piperidine rings is 1. The molecule has 100 valence electrons. The Morgan fingerprint density at radius 2 is 2.37 bits per heavy atom. The molecule has 2 aromatic rings. The summed E-state index contributed by atoms with van der Waals surface area (Å²) < 4.78 is 1.89. The van der Waals surface area contributed by atoms with Gasteiger partial charge in [0.1, 0.15) is 5.69 Å². The van der Waals surface area contributed by atoms with E-state index in [1.165, 1.54) is 6.42 Å². The third kappa shape index (κ3) is 2.52. The smallest absolute Gasteiger partial charge is 0.272 e. The minimum atomic E-state index is 0.0364. The normalized spacial score (nSPS) is 19.6. The Labute approximate surface area is 111 Å². The van der Waals surface area contributed by atoms with Crippen molar-refractivity contribution in [3.8, 4) is 0 Å². The summed E-state index contributed by atoms with van der Waals surface area (Å²) in [6, 6.07) is 3.84. The maximum Gasteiger partial charge on any atom is 0.272 e. The molecule has 6 heteroatoms. The van der Waals surface area contributed by atoms with E-state index in [9.17, 15) is 4.79 Å². The summed E-state index contributed by atoms with van der Waals surface area (Å²) in [6.45, 7) is 1.57. The van der Waals surface area contributed by atoms with E-state index in [1.807, 2.05) is 21.8 Å². The minimum Gasteiger partial charge on any atom is -0.332 e. The number of rotatable bonds is 3. The van der Waals surface area contributed by atoms with Gasteiger partial charge in [0.25, 0.3) is 5.91 Å². The van der Waals surface area contributed by atoms with Gasteiger partial charge in [-0.15, -0.1) is 0 Å². The average molecular weight is 259 g/mol. The molecule has 1 fully saturated rings. The molecule has 0 aromatic carbocycles. The molecule has 0 aliphatic carbocycles. The van der Waals surface area contributed by atoms with Crippen molar-refractivity contribution in [2.75, 3.05) is 6.54 Å². The Morgan fingerprint density at radius 3 is 3.11 bits per heavy atom. The fraction of sp³-hybridized carbons (Fsp3) is 0.462. The number of nitrogens with zero attached hydrogens (tertiary/aromatic N) is 4. The average Bonchev–Trinajstić information content (AvgIpc) is 3.11. The maximum atomic E-state index is 12.4. The van der Waals surface area contributed by atoms with Crippen molar-refractivity contribution in [2.24, 2.45) is 0 Å². The fourth-order valence-electron chi connectivity index (χ4n) is 2.61. The van der Waals surface area contributed by atoms with Crippen molar-refractivity contribution in [1.82, 2.24) is 24.9 Å². The van der Waals surface area contributed by atoms with Gasteiger partial charge in [-0.2, -0.15) is 10.2 Å². The monoisotopic (exact) mass is 259 g/mol. The number of aromatic nitrogens is 4. The predicted octanol–water partition coefficient (Wildman–Crippen LogP) is 1.30. The lowest BCUT2D eigenvalue weighted by molar-refractivity contribution is 0.0578. The molecule has 3 rings (SSSR count). The van der Waals surface area contributed by atoms with Crippen LogP contribution in [0.5, 0.6) is 0 Å². The van der Waals surface area contributed by atoms with Gasteiger partial charge in [0.05, 0.1) is 12.6 Å². The van der Waals surface area contributed by atoms with Gasteiger partial charge in [-0.1, -0.05) is 0 Å². The quantitative estimate of drug-likeness (QED) is 0.903. The van der Waals surface area contributed by atoms with E-state index in [0.29, 0.717) is 5.69 Å². The summed E-state index contributed by atoms with van der Waals surface area (Å²) in [5.41, 5.74) is 0.562. The number of amides is 1. The van der Waals surface area contributed by atoms with Gasteiger partial charge in [-0.3, -0.25) is 14.6 Å². The van der Waals surface area contributed by atoms with Gasteiger partial charge in [0.15, 0.2) is 0 Å². The van der Waals surface area contributed by atoms with Crippen molar-refractivity contribution in [3.63, 3.8) is 0 Å². The van der Waals surface area contributed by atoms with Gasteiger partial charge in [0.2, 0.25) is 0 Å². The zero-order valence-electron chi connectivity index (χ0n) is 10.7. The van der Waals surface area contributed by atoms with E-state index in [0.717, 1.165) is 25.9 Å². The zero-order valence-corrected chi connectivity index (χ0v) is 10.7. The van der Waals surface area contributed by atoms with Gasteiger partial charge < -0.3 is 4.90 Å². The highest BCUT2D eigenvalue weighted by Gasteiger charge is 2.28. The topological polar surface area (TPSA) is 66.8 Å². The largest absolute Gasteiger partial charge is 0.332 e. The summed E-state index contributed by atoms with van der Waals surface area (Å²) >= 11 is 0. The van der Waals surface area contributed by atoms with Gasteiger partial charge in [-0.25, -0.2) is 0 Å². The molecule has 1 atom stereocenters. The standard InChI is InChI=1S/C13H17N5O/c19-13(12-5-7-14-16-12)18-9-2-1-4-11(18)10-17-8-3-6-15-17/h3,5-8,11H,1-2,4,9-10H2,(H,14,16). The van der Waals surface area contributed by atoms with Gasteiger partial charge >= 0.3 is 0 Å². The van der Waals surface area contributed by atoms with Crippen LogP contribution in [0, 0.1) is 0 Å². The minimum absolute atomic E-state index is 0.0364. The number of aromatic amines is 1. The SMILES string of the molecule is O=C(c1ccn[nH]1)N1CCCCC1Cn1cccn1. The van der Waals surface area contributed by atoms with E-state index in [2.05, 4.69) is 15.3 Å². The predicted molar refractivity (Wildman–Crippen MR) is 69.5 cm³/mol. The molecule has 0 saturated carbocycles. The lowest BCUT2D eigenvalue weighted by Crippen LogP contribution is -2.46. The first-order valence-corrected chi connectivity index (χ1v) is 6.62. The molecule has 1 unspecified atom stereocenters. The van der Waals surface area contributed by atoms with Crippen LogP contribution >= 0.6 is 0 Å². The summed E-state index contributed by atoms with van der Waals surface area (Å²) in [6.07, 6.45) is 8.57. The van der Waals surface area contributed by atoms with Crippen LogP contribution in [0.25, 0.3) is 0 Å². The highest BCUT2D eigenvalue weighted by molar-refractivity contribution is 5.92. The second kappa shape index (κ2) is 5.26. The molecule has 1 amide bonds. The first-order chi connectivity index (χ1) is 9.34. The van der Waals surface area contributed by atoms with E-state index >= 15 is 0 Å². The Hall–Kier alpha value is -2.11. The van der Waals surface area contributed by atoms with Crippen molar-refractivity contribution in [2.45, 2.75) is 31.8 Å². The molecule has 3 heterocycles. The highest BCUT2D eigenvalue weighted by Crippen LogP contribution is 2.20. The molecule has 0 radical (unpaired) electrons. The number of nitrogens with one attached hydrogen (secondary N) is 1. The second-order valence-electron chi connectivity index (χ2n) is 4.85. The molecule has 0 bridgehead atoms. The van der Waals surface area contributed by atoms with Crippen LogP contribution in [-0.2, 0) is 6.54 Å². The summed E-state index contributed by atoms with van der Waals surface area (Å²) in [4.78, 5) is 14.4. The molecule has 1 N–H and O–H groups in total. The number of carbonyl (C=O) groups excluding carboxylic acids is 1. The number of hydrogen-bond acceptors (Lipinski definition) is 3. The molecule has 1 saturated heterocycles. The maximum absolute atomic E-state index is 12.4. The van der Waals surface area contributed by atoms with Crippen LogP contribution < -0.4 is 0 Å². The molecule has 6 nitrogen and oxygen atoms in total. The van der Waals surface area contributed by atoms with Crippen molar-refractivity contribution >= 4 is 5.91 Å². The van der Waals surface area contributed by atoms with Crippen molar-refractivity contribution in [3.05, 3.63) is 36.4 Å². The number of hydrogen-bond donors (Lipinski definition) is 1. The van der Waals surface area contributed by atoms with E-state index in [4.69, 9.17) is 0 Å². The van der Waals surface area contributed by atoms with Crippen LogP contribution in [-0.4, -0.2) is 43.4 Å². The van der Waals surface area contributed by atoms with Gasteiger partial charge in [-0.05, 0) is 31.4 Å². The van der Waals surface area contributed by atoms with Crippen LogP contribution in [0.3, 0.4) is 0 Å². The van der Waals surface area contributed by atoms with Crippen LogP contribution in [0.1, 0.15) is 29.8 Å². The Morgan fingerprint density at radius 1 is 1.42 bits per heavy atom. The zero-order chi connectivity index (χ0) is 13.1. The molecule has 1 aliphatic heterocycles. The number of likely N-dealkylation sites (tertiary alicyclic amines) is 1. The van der Waals surface area contributed by atoms with E-state index in [-0.39, 0.29) is 11.9 Å². The third-order valence-electron chi connectivity index (χ3n) is 3.58.